The van der Waals surface area contributed by atoms with Crippen LogP contribution in [0.4, 0.5) is 10.2 Å². The van der Waals surface area contributed by atoms with E-state index in [1.54, 1.807) is 16.9 Å². The van der Waals surface area contributed by atoms with Crippen LogP contribution in [-0.4, -0.2) is 15.7 Å². The van der Waals surface area contributed by atoms with Crippen molar-refractivity contribution in [1.29, 1.82) is 0 Å². The van der Waals surface area contributed by atoms with Gasteiger partial charge in [-0.15, -0.1) is 0 Å². The Hall–Kier alpha value is -1.88. The topological polar surface area (TPSA) is 46.9 Å². The number of carbonyl (C=O) groups is 1. The molecule has 2 heterocycles. The molecular formula is C15H15ClFN3O. The van der Waals surface area contributed by atoms with Crippen molar-refractivity contribution in [1.82, 2.24) is 9.78 Å². The van der Waals surface area contributed by atoms with Crippen molar-refractivity contribution >= 4 is 23.3 Å². The minimum atomic E-state index is -0.361. The Labute approximate surface area is 126 Å². The number of halogens is 2. The van der Waals surface area contributed by atoms with Crippen LogP contribution in [-0.2, 0) is 4.79 Å². The molecule has 0 saturated carbocycles. The molecule has 0 radical (unpaired) electrons. The molecule has 1 amide bonds. The van der Waals surface area contributed by atoms with Gasteiger partial charge in [0.1, 0.15) is 11.6 Å². The van der Waals surface area contributed by atoms with Crippen LogP contribution in [0.2, 0.25) is 5.02 Å². The fraction of sp³-hybridized carbons (Fsp3) is 0.333. The highest BCUT2D eigenvalue weighted by Gasteiger charge is 2.32. The van der Waals surface area contributed by atoms with Crippen molar-refractivity contribution in [2.24, 2.45) is 0 Å². The maximum atomic E-state index is 14.1. The van der Waals surface area contributed by atoms with E-state index in [0.717, 1.165) is 5.56 Å². The van der Waals surface area contributed by atoms with Gasteiger partial charge in [-0.2, -0.15) is 5.10 Å². The van der Waals surface area contributed by atoms with E-state index in [0.29, 0.717) is 16.4 Å². The second kappa shape index (κ2) is 5.15. The molecule has 0 unspecified atom stereocenters. The van der Waals surface area contributed by atoms with Crippen molar-refractivity contribution < 1.29 is 9.18 Å². The SMILES string of the molecule is CC(C)n1ncc2c1NC(=O)C[C@H]2c1cc(Cl)ccc1F. The lowest BCUT2D eigenvalue weighted by Crippen LogP contribution is -2.25. The Kier molecular flexibility index (Phi) is 3.45. The molecule has 1 aliphatic heterocycles. The van der Waals surface area contributed by atoms with Crippen molar-refractivity contribution in [3.8, 4) is 0 Å². The second-order valence-corrected chi connectivity index (χ2v) is 5.89. The number of nitrogens with one attached hydrogen (secondary N) is 1. The zero-order valence-corrected chi connectivity index (χ0v) is 12.5. The summed E-state index contributed by atoms with van der Waals surface area (Å²) in [7, 11) is 0. The molecule has 0 bridgehead atoms. The van der Waals surface area contributed by atoms with E-state index in [-0.39, 0.29) is 30.1 Å². The Bertz CT molecular complexity index is 711. The first-order valence-corrected chi connectivity index (χ1v) is 7.17. The van der Waals surface area contributed by atoms with Crippen LogP contribution in [0.5, 0.6) is 0 Å². The Balaban J connectivity index is 2.13. The van der Waals surface area contributed by atoms with Crippen molar-refractivity contribution in [3.05, 3.63) is 46.4 Å². The number of aromatic nitrogens is 2. The predicted molar refractivity (Wildman–Crippen MR) is 79.1 cm³/mol. The summed E-state index contributed by atoms with van der Waals surface area (Å²) in [6.07, 6.45) is 1.88. The van der Waals surface area contributed by atoms with Gasteiger partial charge in [0.2, 0.25) is 5.91 Å². The van der Waals surface area contributed by atoms with Crippen LogP contribution >= 0.6 is 11.6 Å². The van der Waals surface area contributed by atoms with Crippen LogP contribution in [0.3, 0.4) is 0 Å². The van der Waals surface area contributed by atoms with Gasteiger partial charge < -0.3 is 5.32 Å². The molecule has 0 aliphatic carbocycles. The highest BCUT2D eigenvalue weighted by molar-refractivity contribution is 6.30. The number of hydrogen-bond donors (Lipinski definition) is 1. The molecule has 1 N–H and O–H groups in total. The van der Waals surface area contributed by atoms with E-state index in [4.69, 9.17) is 11.6 Å². The van der Waals surface area contributed by atoms with Crippen LogP contribution < -0.4 is 5.32 Å². The van der Waals surface area contributed by atoms with E-state index in [2.05, 4.69) is 10.4 Å². The largest absolute Gasteiger partial charge is 0.311 e. The third kappa shape index (κ3) is 2.42. The van der Waals surface area contributed by atoms with Gasteiger partial charge in [0.15, 0.2) is 0 Å². The number of amides is 1. The number of rotatable bonds is 2. The summed E-state index contributed by atoms with van der Waals surface area (Å²) in [4.78, 5) is 12.0. The molecule has 1 aliphatic rings. The minimum absolute atomic E-state index is 0.108. The number of benzene rings is 1. The molecule has 110 valence electrons. The van der Waals surface area contributed by atoms with Crippen LogP contribution in [0.1, 0.15) is 43.4 Å². The average molecular weight is 308 g/mol. The fourth-order valence-corrected chi connectivity index (χ4v) is 2.87. The van der Waals surface area contributed by atoms with E-state index in [9.17, 15) is 9.18 Å². The third-order valence-electron chi connectivity index (χ3n) is 3.67. The molecule has 6 heteroatoms. The molecule has 0 fully saturated rings. The number of fused-ring (bicyclic) bond motifs is 1. The van der Waals surface area contributed by atoms with Gasteiger partial charge in [-0.3, -0.25) is 4.79 Å². The molecule has 1 atom stereocenters. The summed E-state index contributed by atoms with van der Waals surface area (Å²) in [6.45, 7) is 3.95. The lowest BCUT2D eigenvalue weighted by molar-refractivity contribution is -0.116. The maximum absolute atomic E-state index is 14.1. The van der Waals surface area contributed by atoms with E-state index >= 15 is 0 Å². The Morgan fingerprint density at radius 1 is 1.43 bits per heavy atom. The highest BCUT2D eigenvalue weighted by atomic mass is 35.5. The molecule has 1 aromatic carbocycles. The molecule has 2 aromatic rings. The molecular weight excluding hydrogens is 293 g/mol. The first-order valence-electron chi connectivity index (χ1n) is 6.79. The van der Waals surface area contributed by atoms with Gasteiger partial charge in [-0.1, -0.05) is 11.6 Å². The summed E-state index contributed by atoms with van der Waals surface area (Å²) in [5, 5.41) is 7.59. The van der Waals surface area contributed by atoms with Crippen LogP contribution in [0.25, 0.3) is 0 Å². The zero-order chi connectivity index (χ0) is 15.1. The van der Waals surface area contributed by atoms with Crippen LogP contribution in [0.15, 0.2) is 24.4 Å². The normalized spacial score (nSPS) is 17.8. The first kappa shape index (κ1) is 14.1. The summed E-state index contributed by atoms with van der Waals surface area (Å²) in [5.74, 6) is -0.220. The quantitative estimate of drug-likeness (QED) is 0.919. The molecule has 0 saturated heterocycles. The smallest absolute Gasteiger partial charge is 0.226 e. The second-order valence-electron chi connectivity index (χ2n) is 5.46. The predicted octanol–water partition coefficient (Wildman–Crippen LogP) is 3.73. The summed E-state index contributed by atoms with van der Waals surface area (Å²) in [6, 6.07) is 4.52. The number of hydrogen-bond acceptors (Lipinski definition) is 2. The third-order valence-corrected chi connectivity index (χ3v) is 3.90. The lowest BCUT2D eigenvalue weighted by Gasteiger charge is -2.25. The summed E-state index contributed by atoms with van der Waals surface area (Å²) < 4.78 is 15.9. The molecule has 0 spiro atoms. The van der Waals surface area contributed by atoms with Gasteiger partial charge in [0.25, 0.3) is 0 Å². The molecule has 21 heavy (non-hydrogen) atoms. The highest BCUT2D eigenvalue weighted by Crippen LogP contribution is 2.39. The molecule has 1 aromatic heterocycles. The number of anilines is 1. The molecule has 4 nitrogen and oxygen atoms in total. The van der Waals surface area contributed by atoms with Gasteiger partial charge >= 0.3 is 0 Å². The van der Waals surface area contributed by atoms with Gasteiger partial charge in [-0.25, -0.2) is 9.07 Å². The average Bonchev–Trinajstić information content (AvgIpc) is 2.84. The van der Waals surface area contributed by atoms with E-state index in [1.807, 2.05) is 13.8 Å². The summed E-state index contributed by atoms with van der Waals surface area (Å²) in [5.41, 5.74) is 1.26. The van der Waals surface area contributed by atoms with Crippen molar-refractivity contribution in [3.63, 3.8) is 0 Å². The van der Waals surface area contributed by atoms with E-state index < -0.39 is 0 Å². The van der Waals surface area contributed by atoms with Crippen molar-refractivity contribution in [2.75, 3.05) is 5.32 Å². The molecule has 3 rings (SSSR count). The first-order chi connectivity index (χ1) is 9.97. The zero-order valence-electron chi connectivity index (χ0n) is 11.7. The lowest BCUT2D eigenvalue weighted by atomic mass is 9.87. The summed E-state index contributed by atoms with van der Waals surface area (Å²) >= 11 is 5.97. The monoisotopic (exact) mass is 307 g/mol. The Morgan fingerprint density at radius 3 is 2.90 bits per heavy atom. The Morgan fingerprint density at radius 2 is 2.19 bits per heavy atom. The fourth-order valence-electron chi connectivity index (χ4n) is 2.69. The van der Waals surface area contributed by atoms with Crippen LogP contribution in [0, 0.1) is 5.82 Å². The van der Waals surface area contributed by atoms with Gasteiger partial charge in [-0.05, 0) is 37.6 Å². The minimum Gasteiger partial charge on any atom is -0.311 e. The standard InChI is InChI=1S/C15H15ClFN3O/c1-8(2)20-15-12(7-18-20)10(6-14(21)19-15)11-5-9(16)3-4-13(11)17/h3-5,7-8,10H,6H2,1-2H3,(H,19,21)/t10-/m0/s1. The van der Waals surface area contributed by atoms with Crippen molar-refractivity contribution in [2.45, 2.75) is 32.2 Å². The van der Waals surface area contributed by atoms with Gasteiger partial charge in [0.05, 0.1) is 6.20 Å². The maximum Gasteiger partial charge on any atom is 0.226 e. The van der Waals surface area contributed by atoms with Gasteiger partial charge in [0, 0.05) is 29.0 Å². The number of nitrogens with zero attached hydrogens (tertiary/aromatic N) is 2. The van der Waals surface area contributed by atoms with E-state index in [1.165, 1.54) is 12.1 Å². The number of carbonyl (C=O) groups excluding carboxylic acids is 1.